The Bertz CT molecular complexity index is 1900. The summed E-state index contributed by atoms with van der Waals surface area (Å²) in [4.78, 5) is 44.5. The SMILES string of the molecule is CC(=O)Oc1ccc2c3c1O[C@H]1[C@@H](OC(C)=O)C=C[C@H]4[C@@H](C2)N(C)CC[C@@]341.C[C@H](CN1CCOCC1)C(C(=O)N1CCCC1)(c1ccccc1)c1ccccc1. The summed E-state index contributed by atoms with van der Waals surface area (Å²) in [6.45, 7) is 12.1. The van der Waals surface area contributed by atoms with Crippen LogP contribution < -0.4 is 9.47 Å². The zero-order valence-corrected chi connectivity index (χ0v) is 33.2. The van der Waals surface area contributed by atoms with Gasteiger partial charge in [-0.1, -0.05) is 79.7 Å². The zero-order valence-electron chi connectivity index (χ0n) is 33.2. The number of carbonyl (C=O) groups is 3. The lowest BCUT2D eigenvalue weighted by atomic mass is 9.53. The molecule has 1 amide bonds. The van der Waals surface area contributed by atoms with Gasteiger partial charge in [0.2, 0.25) is 5.91 Å². The molecule has 2 aliphatic carbocycles. The van der Waals surface area contributed by atoms with E-state index in [1.165, 1.54) is 19.4 Å². The Morgan fingerprint density at radius 3 is 2.14 bits per heavy atom. The molecule has 2 bridgehead atoms. The minimum Gasteiger partial charge on any atom is -0.481 e. The van der Waals surface area contributed by atoms with Crippen LogP contribution in [-0.2, 0) is 41.1 Å². The van der Waals surface area contributed by atoms with Crippen molar-refractivity contribution in [1.29, 1.82) is 0 Å². The fourth-order valence-corrected chi connectivity index (χ4v) is 10.8. The number of piperidine rings is 1. The largest absolute Gasteiger partial charge is 0.481 e. The molecule has 10 heteroatoms. The van der Waals surface area contributed by atoms with Crippen LogP contribution in [0.1, 0.15) is 62.3 Å². The highest BCUT2D eigenvalue weighted by Crippen LogP contribution is 2.62. The van der Waals surface area contributed by atoms with Crippen molar-refractivity contribution in [2.24, 2.45) is 11.8 Å². The molecule has 0 aromatic heterocycles. The minimum atomic E-state index is -0.675. The molecule has 6 atom stereocenters. The van der Waals surface area contributed by atoms with Crippen LogP contribution in [0.3, 0.4) is 0 Å². The summed E-state index contributed by atoms with van der Waals surface area (Å²) in [6, 6.07) is 25.1. The fourth-order valence-electron chi connectivity index (χ4n) is 10.8. The van der Waals surface area contributed by atoms with Crippen molar-refractivity contribution in [3.05, 3.63) is 107 Å². The molecule has 6 aliphatic rings. The molecule has 3 aromatic carbocycles. The molecule has 0 unspecified atom stereocenters. The van der Waals surface area contributed by atoms with Crippen molar-refractivity contribution >= 4 is 17.8 Å². The van der Waals surface area contributed by atoms with Gasteiger partial charge in [-0.05, 0) is 74.0 Å². The molecule has 0 radical (unpaired) electrons. The van der Waals surface area contributed by atoms with Gasteiger partial charge in [0.1, 0.15) is 11.5 Å². The van der Waals surface area contributed by atoms with E-state index >= 15 is 0 Å². The number of rotatable bonds is 8. The van der Waals surface area contributed by atoms with Gasteiger partial charge in [0.05, 0.1) is 13.2 Å². The number of ether oxygens (including phenoxy) is 4. The van der Waals surface area contributed by atoms with Crippen LogP contribution in [-0.4, -0.2) is 110 Å². The maximum Gasteiger partial charge on any atom is 0.308 e. The third-order valence-corrected chi connectivity index (χ3v) is 13.2. The first-order valence-electron chi connectivity index (χ1n) is 20.4. The van der Waals surface area contributed by atoms with Crippen LogP contribution in [0.15, 0.2) is 84.9 Å². The first-order chi connectivity index (χ1) is 27.1. The van der Waals surface area contributed by atoms with E-state index in [-0.39, 0.29) is 41.2 Å². The summed E-state index contributed by atoms with van der Waals surface area (Å²) in [5, 5.41) is 0. The summed E-state index contributed by atoms with van der Waals surface area (Å²) in [7, 11) is 2.17. The van der Waals surface area contributed by atoms with Gasteiger partial charge in [-0.15, -0.1) is 0 Å². The number of likely N-dealkylation sites (N-methyl/N-ethyl adjacent to an activating group) is 1. The normalized spacial score (nSPS) is 27.0. The van der Waals surface area contributed by atoms with Crippen molar-refractivity contribution in [2.45, 2.75) is 75.5 Å². The number of hydrogen-bond donors (Lipinski definition) is 0. The quantitative estimate of drug-likeness (QED) is 0.166. The molecule has 56 heavy (non-hydrogen) atoms. The Hall–Kier alpha value is -4.51. The van der Waals surface area contributed by atoms with Crippen molar-refractivity contribution in [3.63, 3.8) is 0 Å². The summed E-state index contributed by atoms with van der Waals surface area (Å²) >= 11 is 0. The third-order valence-electron chi connectivity index (χ3n) is 13.2. The van der Waals surface area contributed by atoms with Crippen molar-refractivity contribution < 1.29 is 33.3 Å². The Morgan fingerprint density at radius 1 is 0.857 bits per heavy atom. The monoisotopic (exact) mass is 761 g/mol. The van der Waals surface area contributed by atoms with Crippen LogP contribution >= 0.6 is 0 Å². The molecule has 9 rings (SSSR count). The lowest BCUT2D eigenvalue weighted by Crippen LogP contribution is -2.65. The van der Waals surface area contributed by atoms with E-state index < -0.39 is 11.5 Å². The number of hydrogen-bond acceptors (Lipinski definition) is 9. The average molecular weight is 762 g/mol. The van der Waals surface area contributed by atoms with E-state index in [9.17, 15) is 14.4 Å². The van der Waals surface area contributed by atoms with Gasteiger partial charge < -0.3 is 28.7 Å². The maximum atomic E-state index is 14.2. The second-order valence-corrected chi connectivity index (χ2v) is 16.4. The third kappa shape index (κ3) is 6.63. The van der Waals surface area contributed by atoms with Crippen LogP contribution in [0.5, 0.6) is 11.5 Å². The van der Waals surface area contributed by atoms with Crippen molar-refractivity contribution in [1.82, 2.24) is 14.7 Å². The van der Waals surface area contributed by atoms with Gasteiger partial charge in [-0.2, -0.15) is 0 Å². The molecule has 4 aliphatic heterocycles. The second kappa shape index (κ2) is 15.8. The predicted octanol–water partition coefficient (Wildman–Crippen LogP) is 5.55. The Kier molecular flexibility index (Phi) is 10.8. The molecule has 296 valence electrons. The van der Waals surface area contributed by atoms with E-state index in [1.807, 2.05) is 24.3 Å². The molecular formula is C46H55N3O7. The van der Waals surface area contributed by atoms with E-state index in [4.69, 9.17) is 18.9 Å². The Balaban J connectivity index is 0.000000158. The number of carbonyl (C=O) groups excluding carboxylic acids is 3. The number of esters is 2. The first-order valence-corrected chi connectivity index (χ1v) is 20.4. The van der Waals surface area contributed by atoms with E-state index in [0.29, 0.717) is 17.5 Å². The van der Waals surface area contributed by atoms with Crippen molar-refractivity contribution in [3.8, 4) is 11.5 Å². The minimum absolute atomic E-state index is 0.137. The molecule has 3 fully saturated rings. The number of likely N-dealkylation sites (tertiary alicyclic amines) is 2. The van der Waals surface area contributed by atoms with Crippen molar-refractivity contribution in [2.75, 3.05) is 59.5 Å². The lowest BCUT2D eigenvalue weighted by Gasteiger charge is -2.56. The van der Waals surface area contributed by atoms with Gasteiger partial charge in [0.25, 0.3) is 0 Å². The molecule has 0 N–H and O–H groups in total. The lowest BCUT2D eigenvalue weighted by molar-refractivity contribution is -0.152. The Morgan fingerprint density at radius 2 is 1.52 bits per heavy atom. The number of amides is 1. The highest BCUT2D eigenvalue weighted by atomic mass is 16.6. The van der Waals surface area contributed by atoms with Crippen LogP contribution in [0.4, 0.5) is 0 Å². The second-order valence-electron chi connectivity index (χ2n) is 16.4. The van der Waals surface area contributed by atoms with Gasteiger partial charge in [-0.3, -0.25) is 19.3 Å². The van der Waals surface area contributed by atoms with Gasteiger partial charge in [0.15, 0.2) is 17.6 Å². The molecule has 10 nitrogen and oxygen atoms in total. The van der Waals surface area contributed by atoms with E-state index in [2.05, 4.69) is 89.3 Å². The predicted molar refractivity (Wildman–Crippen MR) is 213 cm³/mol. The fraction of sp³-hybridized carbons (Fsp3) is 0.500. The van der Waals surface area contributed by atoms with E-state index in [1.54, 1.807) is 0 Å². The topological polar surface area (TPSA) is 97.9 Å². The van der Waals surface area contributed by atoms with Gasteiger partial charge in [0, 0.05) is 69.5 Å². The van der Waals surface area contributed by atoms with Crippen LogP contribution in [0, 0.1) is 11.8 Å². The highest BCUT2D eigenvalue weighted by molar-refractivity contribution is 5.93. The average Bonchev–Trinajstić information content (AvgIpc) is 3.87. The molecule has 1 spiro atoms. The molecule has 4 heterocycles. The maximum absolute atomic E-state index is 14.2. The molecule has 3 aromatic rings. The number of benzene rings is 3. The number of morpholine rings is 1. The standard InChI is InChI=1S/C25H32N2O2.C21H23NO5/c1-21(20-26-16-18-29-19-17-26)25(22-10-4-2-5-11-22,23-12-6-3-7-13-23)24(28)27-14-8-9-15-27;1-11(23)25-16-6-4-13-10-15-14-5-7-17(26-12(2)24)20-21(14,8-9-22(15)3)18(13)19(16)27-20/h2-7,10-13,21H,8-9,14-20H2,1H3;4-7,14-15,17,20H,8-10H2,1-3H3/t21-;14-,15+,17-,20-,21-/m10/s1. The summed E-state index contributed by atoms with van der Waals surface area (Å²) in [6.07, 6.45) is 7.51. The summed E-state index contributed by atoms with van der Waals surface area (Å²) < 4.78 is 23.0. The molecular weight excluding hydrogens is 707 g/mol. The highest BCUT2D eigenvalue weighted by Gasteiger charge is 2.65. The Labute approximate surface area is 330 Å². The van der Waals surface area contributed by atoms with Gasteiger partial charge >= 0.3 is 11.9 Å². The van der Waals surface area contributed by atoms with E-state index in [0.717, 1.165) is 94.9 Å². The van der Waals surface area contributed by atoms with Crippen LogP contribution in [0.25, 0.3) is 0 Å². The van der Waals surface area contributed by atoms with Gasteiger partial charge in [-0.25, -0.2) is 0 Å². The molecule has 3 saturated heterocycles. The first kappa shape index (κ1) is 38.4. The zero-order chi connectivity index (χ0) is 39.0. The smallest absolute Gasteiger partial charge is 0.308 e. The van der Waals surface area contributed by atoms with Crippen LogP contribution in [0.2, 0.25) is 0 Å². The number of nitrogens with zero attached hydrogens (tertiary/aromatic N) is 3. The summed E-state index contributed by atoms with van der Waals surface area (Å²) in [5.41, 5.74) is 3.68. The molecule has 0 saturated carbocycles. The summed E-state index contributed by atoms with van der Waals surface area (Å²) in [5.74, 6) is 1.11.